The molecule has 31 heavy (non-hydrogen) atoms. The minimum absolute atomic E-state index is 0.105. The van der Waals surface area contributed by atoms with E-state index in [9.17, 15) is 14.4 Å². The second-order valence-corrected chi connectivity index (χ2v) is 11.5. The minimum atomic E-state index is -1.26. The Kier molecular flexibility index (Phi) is 8.85. The van der Waals surface area contributed by atoms with Crippen molar-refractivity contribution in [3.63, 3.8) is 0 Å². The van der Waals surface area contributed by atoms with Crippen LogP contribution < -0.4 is 0 Å². The SMILES string of the molecule is CCCCOC(=O)C(C)(C[SiH](C)C)N1COC(COC(C)=O)=C(c2ccccc2)C1=O. The third-order valence-electron chi connectivity index (χ3n) is 5.15. The normalized spacial score (nSPS) is 16.1. The van der Waals surface area contributed by atoms with Crippen LogP contribution in [0.25, 0.3) is 5.57 Å². The molecule has 0 N–H and O–H groups in total. The van der Waals surface area contributed by atoms with E-state index in [4.69, 9.17) is 14.2 Å². The van der Waals surface area contributed by atoms with Crippen molar-refractivity contribution in [1.82, 2.24) is 4.90 Å². The van der Waals surface area contributed by atoms with Crippen LogP contribution in [0.2, 0.25) is 19.1 Å². The first-order chi connectivity index (χ1) is 14.7. The molecule has 0 fully saturated rings. The zero-order valence-corrected chi connectivity index (χ0v) is 20.3. The number of hydrogen-bond donors (Lipinski definition) is 0. The van der Waals surface area contributed by atoms with Crippen molar-refractivity contribution in [3.05, 3.63) is 41.7 Å². The molecule has 1 aromatic carbocycles. The Bertz CT molecular complexity index is 823. The number of esters is 2. The third kappa shape index (κ3) is 6.19. The molecular weight excluding hydrogens is 414 g/mol. The maximum absolute atomic E-state index is 13.7. The molecule has 7 nitrogen and oxygen atoms in total. The van der Waals surface area contributed by atoms with Gasteiger partial charge >= 0.3 is 11.9 Å². The minimum Gasteiger partial charge on any atom is -0.473 e. The van der Waals surface area contributed by atoms with Crippen molar-refractivity contribution in [1.29, 1.82) is 0 Å². The van der Waals surface area contributed by atoms with Crippen molar-refractivity contribution in [2.75, 3.05) is 19.9 Å². The number of benzene rings is 1. The molecule has 0 bridgehead atoms. The number of unbranched alkanes of at least 4 members (excludes halogenated alkanes) is 1. The Morgan fingerprint density at radius 1 is 1.19 bits per heavy atom. The van der Waals surface area contributed by atoms with E-state index in [0.29, 0.717) is 23.8 Å². The van der Waals surface area contributed by atoms with Crippen molar-refractivity contribution in [2.45, 2.75) is 58.3 Å². The third-order valence-corrected chi connectivity index (χ3v) is 6.76. The van der Waals surface area contributed by atoms with E-state index >= 15 is 0 Å². The molecule has 1 aliphatic heterocycles. The van der Waals surface area contributed by atoms with Gasteiger partial charge in [-0.05, 0) is 25.0 Å². The van der Waals surface area contributed by atoms with Gasteiger partial charge < -0.3 is 14.2 Å². The smallest absolute Gasteiger partial charge is 0.331 e. The second-order valence-electron chi connectivity index (χ2n) is 8.31. The Hall–Kier alpha value is -2.61. The Morgan fingerprint density at radius 2 is 1.87 bits per heavy atom. The summed E-state index contributed by atoms with van der Waals surface area (Å²) in [6.07, 6.45) is 1.68. The van der Waals surface area contributed by atoms with Gasteiger partial charge in [0.15, 0.2) is 6.73 Å². The lowest BCUT2D eigenvalue weighted by atomic mass is 9.97. The molecule has 2 rings (SSSR count). The zero-order chi connectivity index (χ0) is 23.0. The molecule has 0 radical (unpaired) electrons. The Balaban J connectivity index is 2.44. The highest BCUT2D eigenvalue weighted by atomic mass is 28.3. The molecule has 1 unspecified atom stereocenters. The summed E-state index contributed by atoms with van der Waals surface area (Å²) in [5, 5.41) is 0. The monoisotopic (exact) mass is 447 g/mol. The summed E-state index contributed by atoms with van der Waals surface area (Å²) >= 11 is 0. The highest BCUT2D eigenvalue weighted by Crippen LogP contribution is 2.34. The molecule has 1 atom stereocenters. The lowest BCUT2D eigenvalue weighted by molar-refractivity contribution is -0.166. The van der Waals surface area contributed by atoms with Gasteiger partial charge in [0, 0.05) is 15.7 Å². The number of rotatable bonds is 10. The predicted molar refractivity (Wildman–Crippen MR) is 121 cm³/mol. The molecule has 1 aromatic rings. The Morgan fingerprint density at radius 3 is 2.45 bits per heavy atom. The van der Waals surface area contributed by atoms with Gasteiger partial charge in [-0.15, -0.1) is 0 Å². The topological polar surface area (TPSA) is 82.1 Å². The molecule has 0 aliphatic carbocycles. The van der Waals surface area contributed by atoms with E-state index in [0.717, 1.165) is 12.8 Å². The number of nitrogens with zero attached hydrogens (tertiary/aromatic N) is 1. The molecule has 1 heterocycles. The summed E-state index contributed by atoms with van der Waals surface area (Å²) in [5.74, 6) is -0.918. The maximum Gasteiger partial charge on any atom is 0.331 e. The van der Waals surface area contributed by atoms with E-state index in [2.05, 4.69) is 13.1 Å². The largest absolute Gasteiger partial charge is 0.473 e. The van der Waals surface area contributed by atoms with Gasteiger partial charge in [0.2, 0.25) is 0 Å². The summed E-state index contributed by atoms with van der Waals surface area (Å²) in [5.41, 5.74) is -0.188. The van der Waals surface area contributed by atoms with Crippen molar-refractivity contribution in [3.8, 4) is 0 Å². The van der Waals surface area contributed by atoms with Crippen molar-refractivity contribution < 1.29 is 28.6 Å². The average Bonchev–Trinajstić information content (AvgIpc) is 2.72. The first kappa shape index (κ1) is 24.7. The standard InChI is InChI=1S/C23H33NO6Si/c1-6-7-13-28-22(27)23(3,15-31(4)5)24-16-30-19(14-29-17(2)25)20(21(24)26)18-11-9-8-10-12-18/h8-12,31H,6-7,13-16H2,1-5H3. The van der Waals surface area contributed by atoms with E-state index < -0.39 is 26.3 Å². The lowest BCUT2D eigenvalue weighted by Gasteiger charge is -2.42. The summed E-state index contributed by atoms with van der Waals surface area (Å²) in [7, 11) is -1.26. The highest BCUT2D eigenvalue weighted by Gasteiger charge is 2.47. The average molecular weight is 448 g/mol. The van der Waals surface area contributed by atoms with E-state index in [1.54, 1.807) is 19.1 Å². The first-order valence-electron chi connectivity index (χ1n) is 10.7. The molecule has 1 amide bonds. The van der Waals surface area contributed by atoms with Crippen LogP contribution in [0.15, 0.2) is 36.1 Å². The zero-order valence-electron chi connectivity index (χ0n) is 19.1. The molecule has 170 valence electrons. The molecule has 8 heteroatoms. The van der Waals surface area contributed by atoms with E-state index in [-0.39, 0.29) is 25.0 Å². The van der Waals surface area contributed by atoms with Gasteiger partial charge in [-0.2, -0.15) is 0 Å². The number of amides is 1. The highest BCUT2D eigenvalue weighted by molar-refractivity contribution is 6.56. The lowest BCUT2D eigenvalue weighted by Crippen LogP contribution is -2.59. The molecule has 0 spiro atoms. The number of hydrogen-bond acceptors (Lipinski definition) is 6. The molecule has 0 aromatic heterocycles. The number of carbonyl (C=O) groups is 3. The van der Waals surface area contributed by atoms with Crippen LogP contribution in [-0.2, 0) is 28.6 Å². The van der Waals surface area contributed by atoms with Crippen molar-refractivity contribution >= 4 is 32.2 Å². The van der Waals surface area contributed by atoms with Crippen LogP contribution in [0.1, 0.15) is 39.2 Å². The first-order valence-corrected chi connectivity index (χ1v) is 13.9. The summed E-state index contributed by atoms with van der Waals surface area (Å²) in [6, 6.07) is 9.63. The molecule has 0 saturated heterocycles. The summed E-state index contributed by atoms with van der Waals surface area (Å²) in [4.78, 5) is 39.6. The number of carbonyl (C=O) groups excluding carboxylic acids is 3. The van der Waals surface area contributed by atoms with Gasteiger partial charge in [-0.1, -0.05) is 56.8 Å². The van der Waals surface area contributed by atoms with Gasteiger partial charge in [-0.25, -0.2) is 4.79 Å². The fourth-order valence-corrected chi connectivity index (χ4v) is 5.60. The summed E-state index contributed by atoms with van der Waals surface area (Å²) in [6.45, 7) is 9.43. The quantitative estimate of drug-likeness (QED) is 0.311. The fraction of sp³-hybridized carbons (Fsp3) is 0.522. The summed E-state index contributed by atoms with van der Waals surface area (Å²) < 4.78 is 16.5. The van der Waals surface area contributed by atoms with E-state index in [1.165, 1.54) is 11.8 Å². The Labute approximate surface area is 186 Å². The van der Waals surface area contributed by atoms with Gasteiger partial charge in [-0.3, -0.25) is 14.5 Å². The fourth-order valence-electron chi connectivity index (χ4n) is 3.63. The predicted octanol–water partition coefficient (Wildman–Crippen LogP) is 3.37. The maximum atomic E-state index is 13.7. The van der Waals surface area contributed by atoms with Gasteiger partial charge in [0.25, 0.3) is 5.91 Å². The van der Waals surface area contributed by atoms with Crippen LogP contribution >= 0.6 is 0 Å². The van der Waals surface area contributed by atoms with Crippen LogP contribution in [0.3, 0.4) is 0 Å². The van der Waals surface area contributed by atoms with Crippen LogP contribution in [0.5, 0.6) is 0 Å². The number of ether oxygens (including phenoxy) is 3. The van der Waals surface area contributed by atoms with Gasteiger partial charge in [0.05, 0.1) is 12.2 Å². The van der Waals surface area contributed by atoms with E-state index in [1.807, 2.05) is 25.1 Å². The molecular formula is C23H33NO6Si. The second kappa shape index (κ2) is 11.1. The van der Waals surface area contributed by atoms with Crippen molar-refractivity contribution in [2.24, 2.45) is 0 Å². The molecule has 1 aliphatic rings. The molecule has 0 saturated carbocycles. The van der Waals surface area contributed by atoms with Crippen LogP contribution in [0.4, 0.5) is 0 Å². The van der Waals surface area contributed by atoms with Gasteiger partial charge in [0.1, 0.15) is 17.9 Å². The van der Waals surface area contributed by atoms with Crippen LogP contribution in [0, 0.1) is 0 Å². The van der Waals surface area contributed by atoms with Crippen LogP contribution in [-0.4, -0.2) is 57.0 Å².